The molecule has 2 aromatic rings. The van der Waals surface area contributed by atoms with Crippen LogP contribution in [0.2, 0.25) is 0 Å². The maximum absolute atomic E-state index is 11.6. The van der Waals surface area contributed by atoms with Gasteiger partial charge >= 0.3 is 11.6 Å². The molecular formula is C16H19NO5. The van der Waals surface area contributed by atoms with Crippen molar-refractivity contribution in [2.45, 2.75) is 33.4 Å². The fourth-order valence-electron chi connectivity index (χ4n) is 2.42. The molecule has 0 amide bonds. The Balaban J connectivity index is 2.44. The summed E-state index contributed by atoms with van der Waals surface area (Å²) >= 11 is 0. The molecule has 22 heavy (non-hydrogen) atoms. The van der Waals surface area contributed by atoms with Gasteiger partial charge in [-0.25, -0.2) is 4.79 Å². The van der Waals surface area contributed by atoms with Crippen LogP contribution in [-0.4, -0.2) is 22.2 Å². The number of hydrogen-bond donors (Lipinski definition) is 3. The first-order chi connectivity index (χ1) is 10.3. The van der Waals surface area contributed by atoms with Crippen molar-refractivity contribution < 1.29 is 19.4 Å². The zero-order chi connectivity index (χ0) is 16.4. The third-order valence-corrected chi connectivity index (χ3v) is 3.63. The van der Waals surface area contributed by atoms with Crippen LogP contribution in [0, 0.1) is 12.8 Å². The standard InChI is InChI=1S/C16H19NO5/c1-8(2)14(16(20)21)17-7-11-12(18)5-4-10-9(3)6-13(19)22-15(10)11/h4-6,8,14,17-18H,7H2,1-3H3,(H,20,21). The van der Waals surface area contributed by atoms with Crippen molar-refractivity contribution in [3.8, 4) is 5.75 Å². The average molecular weight is 305 g/mol. The van der Waals surface area contributed by atoms with Gasteiger partial charge in [-0.1, -0.05) is 13.8 Å². The molecule has 0 aliphatic carbocycles. The molecule has 0 radical (unpaired) electrons. The van der Waals surface area contributed by atoms with E-state index in [2.05, 4.69) is 5.32 Å². The van der Waals surface area contributed by atoms with E-state index in [1.807, 2.05) is 0 Å². The number of rotatable bonds is 5. The first-order valence-corrected chi connectivity index (χ1v) is 7.02. The smallest absolute Gasteiger partial charge is 0.336 e. The number of aromatic hydroxyl groups is 1. The number of aliphatic carboxylic acids is 1. The van der Waals surface area contributed by atoms with Crippen LogP contribution in [0.3, 0.4) is 0 Å². The highest BCUT2D eigenvalue weighted by Gasteiger charge is 2.22. The molecule has 0 fully saturated rings. The van der Waals surface area contributed by atoms with E-state index in [0.29, 0.717) is 10.9 Å². The summed E-state index contributed by atoms with van der Waals surface area (Å²) in [7, 11) is 0. The Morgan fingerprint density at radius 3 is 2.64 bits per heavy atom. The molecule has 1 heterocycles. The van der Waals surface area contributed by atoms with Gasteiger partial charge in [0.2, 0.25) is 0 Å². The highest BCUT2D eigenvalue weighted by atomic mass is 16.4. The molecule has 6 nitrogen and oxygen atoms in total. The zero-order valence-corrected chi connectivity index (χ0v) is 12.7. The first-order valence-electron chi connectivity index (χ1n) is 7.02. The fraction of sp³-hybridized carbons (Fsp3) is 0.375. The van der Waals surface area contributed by atoms with Gasteiger partial charge in [0.15, 0.2) is 0 Å². The number of carboxylic acid groups (broad SMARTS) is 1. The van der Waals surface area contributed by atoms with Gasteiger partial charge in [0.25, 0.3) is 0 Å². The van der Waals surface area contributed by atoms with Gasteiger partial charge in [-0.2, -0.15) is 0 Å². The molecule has 6 heteroatoms. The molecule has 3 N–H and O–H groups in total. The normalized spacial score (nSPS) is 12.7. The van der Waals surface area contributed by atoms with Gasteiger partial charge in [0.1, 0.15) is 17.4 Å². The van der Waals surface area contributed by atoms with Crippen LogP contribution in [0.4, 0.5) is 0 Å². The predicted octanol–water partition coefficient (Wildman–Crippen LogP) is 2.01. The molecule has 0 saturated carbocycles. The quantitative estimate of drug-likeness (QED) is 0.731. The number of nitrogens with one attached hydrogen (secondary N) is 1. The lowest BCUT2D eigenvalue weighted by Gasteiger charge is -2.18. The van der Waals surface area contributed by atoms with Crippen LogP contribution in [0.15, 0.2) is 27.4 Å². The molecule has 0 saturated heterocycles. The summed E-state index contributed by atoms with van der Waals surface area (Å²) in [5.74, 6) is -1.13. The summed E-state index contributed by atoms with van der Waals surface area (Å²) in [6.45, 7) is 5.45. The molecule has 1 aromatic heterocycles. The Morgan fingerprint density at radius 1 is 1.36 bits per heavy atom. The third-order valence-electron chi connectivity index (χ3n) is 3.63. The largest absolute Gasteiger partial charge is 0.507 e. The highest BCUT2D eigenvalue weighted by Crippen LogP contribution is 2.28. The minimum absolute atomic E-state index is 0.0401. The summed E-state index contributed by atoms with van der Waals surface area (Å²) in [6, 6.07) is 3.80. The van der Waals surface area contributed by atoms with Crippen LogP contribution >= 0.6 is 0 Å². The number of fused-ring (bicyclic) bond motifs is 1. The molecule has 0 spiro atoms. The molecule has 1 aromatic carbocycles. The Morgan fingerprint density at radius 2 is 2.05 bits per heavy atom. The van der Waals surface area contributed by atoms with Crippen LogP contribution in [-0.2, 0) is 11.3 Å². The van der Waals surface area contributed by atoms with E-state index >= 15 is 0 Å². The summed E-state index contributed by atoms with van der Waals surface area (Å²) in [4.78, 5) is 22.8. The SMILES string of the molecule is Cc1cc(=O)oc2c(CNC(C(=O)O)C(C)C)c(O)ccc12. The summed E-state index contributed by atoms with van der Waals surface area (Å²) in [6.07, 6.45) is 0. The van der Waals surface area contributed by atoms with Gasteiger partial charge in [-0.15, -0.1) is 0 Å². The maximum atomic E-state index is 11.6. The lowest BCUT2D eigenvalue weighted by Crippen LogP contribution is -2.40. The van der Waals surface area contributed by atoms with Crippen molar-refractivity contribution in [2.24, 2.45) is 5.92 Å². The second kappa shape index (κ2) is 6.19. The van der Waals surface area contributed by atoms with Crippen LogP contribution in [0.25, 0.3) is 11.0 Å². The zero-order valence-electron chi connectivity index (χ0n) is 12.7. The van der Waals surface area contributed by atoms with Crippen molar-refractivity contribution in [3.05, 3.63) is 39.7 Å². The third kappa shape index (κ3) is 3.12. The monoisotopic (exact) mass is 305 g/mol. The fourth-order valence-corrected chi connectivity index (χ4v) is 2.42. The van der Waals surface area contributed by atoms with Gasteiger partial charge < -0.3 is 14.6 Å². The van der Waals surface area contributed by atoms with Crippen LogP contribution in [0.1, 0.15) is 25.0 Å². The van der Waals surface area contributed by atoms with Crippen molar-refractivity contribution in [3.63, 3.8) is 0 Å². The van der Waals surface area contributed by atoms with Gasteiger partial charge in [-0.05, 0) is 30.5 Å². The number of benzene rings is 1. The van der Waals surface area contributed by atoms with E-state index < -0.39 is 17.6 Å². The second-order valence-electron chi connectivity index (χ2n) is 5.63. The Hall–Kier alpha value is -2.34. The molecular weight excluding hydrogens is 286 g/mol. The first kappa shape index (κ1) is 16.0. The molecule has 0 aliphatic heterocycles. The Kier molecular flexibility index (Phi) is 4.51. The van der Waals surface area contributed by atoms with E-state index in [-0.39, 0.29) is 23.8 Å². The van der Waals surface area contributed by atoms with Crippen molar-refractivity contribution in [2.75, 3.05) is 0 Å². The topological polar surface area (TPSA) is 99.8 Å². The molecule has 0 aliphatic rings. The number of phenolic OH excluding ortho intramolecular Hbond substituents is 1. The summed E-state index contributed by atoms with van der Waals surface area (Å²) in [5.41, 5.74) is 0.900. The minimum atomic E-state index is -0.965. The summed E-state index contributed by atoms with van der Waals surface area (Å²) < 4.78 is 5.20. The summed E-state index contributed by atoms with van der Waals surface area (Å²) in [5, 5.41) is 22.8. The molecule has 1 unspecified atom stereocenters. The molecule has 2 rings (SSSR count). The van der Waals surface area contributed by atoms with Gasteiger partial charge in [0, 0.05) is 18.0 Å². The highest BCUT2D eigenvalue weighted by molar-refractivity contribution is 5.85. The van der Waals surface area contributed by atoms with E-state index in [1.165, 1.54) is 12.1 Å². The number of carboxylic acids is 1. The Labute approximate surface area is 127 Å². The number of aryl methyl sites for hydroxylation is 1. The average Bonchev–Trinajstić information content (AvgIpc) is 2.40. The minimum Gasteiger partial charge on any atom is -0.507 e. The number of phenols is 1. The van der Waals surface area contributed by atoms with E-state index in [4.69, 9.17) is 4.42 Å². The van der Waals surface area contributed by atoms with Gasteiger partial charge in [0.05, 0.1) is 5.56 Å². The van der Waals surface area contributed by atoms with Crippen LogP contribution in [0.5, 0.6) is 5.75 Å². The van der Waals surface area contributed by atoms with Crippen molar-refractivity contribution in [1.82, 2.24) is 5.32 Å². The lowest BCUT2D eigenvalue weighted by atomic mass is 10.0. The van der Waals surface area contributed by atoms with Gasteiger partial charge in [-0.3, -0.25) is 10.1 Å². The maximum Gasteiger partial charge on any atom is 0.336 e. The van der Waals surface area contributed by atoms with Crippen molar-refractivity contribution >= 4 is 16.9 Å². The van der Waals surface area contributed by atoms with Crippen molar-refractivity contribution in [1.29, 1.82) is 0 Å². The van der Waals surface area contributed by atoms with E-state index in [0.717, 1.165) is 5.56 Å². The van der Waals surface area contributed by atoms with Crippen LogP contribution < -0.4 is 10.9 Å². The molecule has 118 valence electrons. The predicted molar refractivity (Wildman–Crippen MR) is 82.0 cm³/mol. The number of carbonyl (C=O) groups is 1. The second-order valence-corrected chi connectivity index (χ2v) is 5.63. The Bertz CT molecular complexity index is 763. The molecule has 1 atom stereocenters. The lowest BCUT2D eigenvalue weighted by molar-refractivity contribution is -0.140. The molecule has 0 bridgehead atoms. The van der Waals surface area contributed by atoms with E-state index in [1.54, 1.807) is 26.8 Å². The van der Waals surface area contributed by atoms with E-state index in [9.17, 15) is 19.8 Å². The number of hydrogen-bond acceptors (Lipinski definition) is 5.